The molecule has 178 valence electrons. The van der Waals surface area contributed by atoms with Gasteiger partial charge in [0, 0.05) is 31.9 Å². The van der Waals surface area contributed by atoms with Gasteiger partial charge in [-0.3, -0.25) is 9.59 Å². The second-order valence-electron chi connectivity index (χ2n) is 8.54. The molecule has 0 aliphatic heterocycles. The molecule has 35 heavy (non-hydrogen) atoms. The third-order valence-corrected chi connectivity index (χ3v) is 5.64. The zero-order valence-corrected chi connectivity index (χ0v) is 20.3. The highest BCUT2D eigenvalue weighted by molar-refractivity contribution is 5.95. The predicted molar refractivity (Wildman–Crippen MR) is 137 cm³/mol. The molecule has 1 amide bonds. The van der Waals surface area contributed by atoms with Crippen LogP contribution < -0.4 is 15.6 Å². The van der Waals surface area contributed by atoms with Crippen LogP contribution in [0.4, 0.5) is 11.4 Å². The standard InChI is InChI=1S/C28H28N4O3/c1-19-13-14-24(20(2)15-19)35-25-17-29-32(4)28(34)26(25)30-23-12-8-11-22(16-23)27(33)31(3)18-21-9-6-5-7-10-21/h5-17,30H,18H2,1-4H3. The number of carbonyl (C=O) groups excluding carboxylic acids is 1. The number of aromatic nitrogens is 2. The molecule has 4 rings (SSSR count). The maximum atomic E-state index is 13.0. The van der Waals surface area contributed by atoms with Crippen molar-refractivity contribution in [3.8, 4) is 11.5 Å². The summed E-state index contributed by atoms with van der Waals surface area (Å²) < 4.78 is 7.31. The summed E-state index contributed by atoms with van der Waals surface area (Å²) in [5.74, 6) is 0.824. The molecule has 0 unspecified atom stereocenters. The highest BCUT2D eigenvalue weighted by Gasteiger charge is 2.16. The van der Waals surface area contributed by atoms with Crippen molar-refractivity contribution in [2.24, 2.45) is 7.05 Å². The number of nitrogens with zero attached hydrogens (tertiary/aromatic N) is 3. The van der Waals surface area contributed by atoms with Gasteiger partial charge in [-0.05, 0) is 49.2 Å². The Morgan fingerprint density at radius 2 is 1.77 bits per heavy atom. The minimum Gasteiger partial charge on any atom is -0.453 e. The number of nitrogens with one attached hydrogen (secondary N) is 1. The quantitative estimate of drug-likeness (QED) is 0.403. The fourth-order valence-corrected chi connectivity index (χ4v) is 3.77. The number of amides is 1. The van der Waals surface area contributed by atoms with E-state index in [0.29, 0.717) is 29.3 Å². The summed E-state index contributed by atoms with van der Waals surface area (Å²) in [6, 6.07) is 22.7. The smallest absolute Gasteiger partial charge is 0.294 e. The van der Waals surface area contributed by atoms with E-state index in [1.54, 1.807) is 43.3 Å². The number of rotatable bonds is 7. The number of benzene rings is 3. The average Bonchev–Trinajstić information content (AvgIpc) is 2.85. The molecule has 0 spiro atoms. The van der Waals surface area contributed by atoms with Gasteiger partial charge in [0.05, 0.1) is 6.20 Å². The Bertz CT molecular complexity index is 1410. The van der Waals surface area contributed by atoms with Gasteiger partial charge in [-0.2, -0.15) is 5.10 Å². The number of hydrogen-bond acceptors (Lipinski definition) is 5. The van der Waals surface area contributed by atoms with E-state index < -0.39 is 0 Å². The van der Waals surface area contributed by atoms with Crippen molar-refractivity contribution in [2.75, 3.05) is 12.4 Å². The maximum Gasteiger partial charge on any atom is 0.294 e. The normalized spacial score (nSPS) is 10.6. The summed E-state index contributed by atoms with van der Waals surface area (Å²) >= 11 is 0. The van der Waals surface area contributed by atoms with Crippen LogP contribution in [-0.4, -0.2) is 27.6 Å². The highest BCUT2D eigenvalue weighted by Crippen LogP contribution is 2.31. The Labute approximate surface area is 204 Å². The average molecular weight is 469 g/mol. The van der Waals surface area contributed by atoms with Crippen LogP contribution in [0, 0.1) is 13.8 Å². The minimum atomic E-state index is -0.342. The van der Waals surface area contributed by atoms with Crippen LogP contribution in [0.15, 0.2) is 83.8 Å². The molecular formula is C28H28N4O3. The Morgan fingerprint density at radius 1 is 1.00 bits per heavy atom. The molecule has 0 fully saturated rings. The molecule has 7 nitrogen and oxygen atoms in total. The van der Waals surface area contributed by atoms with Crippen molar-refractivity contribution in [2.45, 2.75) is 20.4 Å². The number of aryl methyl sites for hydroxylation is 3. The van der Waals surface area contributed by atoms with E-state index in [1.807, 2.05) is 62.4 Å². The first-order chi connectivity index (χ1) is 16.8. The van der Waals surface area contributed by atoms with Crippen molar-refractivity contribution >= 4 is 17.3 Å². The molecule has 4 aromatic rings. The fraction of sp³-hybridized carbons (Fsp3) is 0.179. The molecule has 7 heteroatoms. The maximum absolute atomic E-state index is 13.0. The Balaban J connectivity index is 1.59. The van der Waals surface area contributed by atoms with E-state index in [4.69, 9.17) is 4.74 Å². The van der Waals surface area contributed by atoms with E-state index in [0.717, 1.165) is 16.7 Å². The van der Waals surface area contributed by atoms with Gasteiger partial charge >= 0.3 is 0 Å². The monoisotopic (exact) mass is 468 g/mol. The van der Waals surface area contributed by atoms with Crippen molar-refractivity contribution in [1.29, 1.82) is 0 Å². The van der Waals surface area contributed by atoms with Gasteiger partial charge in [0.2, 0.25) is 0 Å². The minimum absolute atomic E-state index is 0.119. The lowest BCUT2D eigenvalue weighted by atomic mass is 10.1. The van der Waals surface area contributed by atoms with Crippen LogP contribution >= 0.6 is 0 Å². The molecule has 0 bridgehead atoms. The van der Waals surface area contributed by atoms with Gasteiger partial charge in [-0.15, -0.1) is 0 Å². The first kappa shape index (κ1) is 23.8. The lowest BCUT2D eigenvalue weighted by Crippen LogP contribution is -2.26. The van der Waals surface area contributed by atoms with Gasteiger partial charge < -0.3 is 15.0 Å². The first-order valence-corrected chi connectivity index (χ1v) is 11.3. The van der Waals surface area contributed by atoms with E-state index in [2.05, 4.69) is 10.4 Å². The topological polar surface area (TPSA) is 76.5 Å². The van der Waals surface area contributed by atoms with E-state index in [-0.39, 0.29) is 17.2 Å². The zero-order valence-electron chi connectivity index (χ0n) is 20.3. The number of hydrogen-bond donors (Lipinski definition) is 1. The number of carbonyl (C=O) groups is 1. The predicted octanol–water partition coefficient (Wildman–Crippen LogP) is 5.21. The summed E-state index contributed by atoms with van der Waals surface area (Å²) in [6.07, 6.45) is 1.51. The van der Waals surface area contributed by atoms with Gasteiger partial charge in [-0.1, -0.05) is 54.1 Å². The Kier molecular flexibility index (Phi) is 6.96. The Morgan fingerprint density at radius 3 is 2.51 bits per heavy atom. The molecule has 0 atom stereocenters. The lowest BCUT2D eigenvalue weighted by Gasteiger charge is -2.18. The summed E-state index contributed by atoms with van der Waals surface area (Å²) in [5.41, 5.74) is 4.12. The van der Waals surface area contributed by atoms with Crippen LogP contribution in [0.25, 0.3) is 0 Å². The van der Waals surface area contributed by atoms with E-state index >= 15 is 0 Å². The molecule has 0 saturated heterocycles. The van der Waals surface area contributed by atoms with Gasteiger partial charge in [0.25, 0.3) is 11.5 Å². The highest BCUT2D eigenvalue weighted by atomic mass is 16.5. The second-order valence-corrected chi connectivity index (χ2v) is 8.54. The molecule has 1 heterocycles. The van der Waals surface area contributed by atoms with Gasteiger partial charge in [-0.25, -0.2) is 4.68 Å². The summed E-state index contributed by atoms with van der Waals surface area (Å²) in [5, 5.41) is 7.26. The molecule has 0 saturated carbocycles. The van der Waals surface area contributed by atoms with Crippen LogP contribution in [0.3, 0.4) is 0 Å². The molecule has 0 aliphatic carbocycles. The molecule has 3 aromatic carbocycles. The van der Waals surface area contributed by atoms with Crippen LogP contribution in [0.5, 0.6) is 11.5 Å². The van der Waals surface area contributed by atoms with Crippen LogP contribution in [-0.2, 0) is 13.6 Å². The second kappa shape index (κ2) is 10.3. The van der Waals surface area contributed by atoms with E-state index in [9.17, 15) is 9.59 Å². The molecule has 1 aromatic heterocycles. The third kappa shape index (κ3) is 5.58. The summed E-state index contributed by atoms with van der Waals surface area (Å²) in [7, 11) is 3.34. The zero-order chi connectivity index (χ0) is 24.9. The number of ether oxygens (including phenoxy) is 1. The van der Waals surface area contributed by atoms with Gasteiger partial charge in [0.15, 0.2) is 11.4 Å². The van der Waals surface area contributed by atoms with Gasteiger partial charge in [0.1, 0.15) is 5.75 Å². The molecule has 0 aliphatic rings. The molecule has 1 N–H and O–H groups in total. The Hall–Kier alpha value is -4.39. The SMILES string of the molecule is Cc1ccc(Oc2cnn(C)c(=O)c2Nc2cccc(C(=O)N(C)Cc3ccccc3)c2)c(C)c1. The lowest BCUT2D eigenvalue weighted by molar-refractivity contribution is 0.0785. The van der Waals surface area contributed by atoms with Crippen LogP contribution in [0.2, 0.25) is 0 Å². The largest absolute Gasteiger partial charge is 0.453 e. The fourth-order valence-electron chi connectivity index (χ4n) is 3.77. The third-order valence-electron chi connectivity index (χ3n) is 5.64. The summed E-state index contributed by atoms with van der Waals surface area (Å²) in [6.45, 7) is 4.45. The van der Waals surface area contributed by atoms with Crippen molar-refractivity contribution < 1.29 is 9.53 Å². The number of anilines is 2. The summed E-state index contributed by atoms with van der Waals surface area (Å²) in [4.78, 5) is 27.6. The van der Waals surface area contributed by atoms with Crippen molar-refractivity contribution in [3.05, 3.63) is 112 Å². The molecular weight excluding hydrogens is 440 g/mol. The molecule has 0 radical (unpaired) electrons. The van der Waals surface area contributed by atoms with Crippen molar-refractivity contribution in [1.82, 2.24) is 14.7 Å². The van der Waals surface area contributed by atoms with Crippen LogP contribution in [0.1, 0.15) is 27.0 Å². The van der Waals surface area contributed by atoms with Crippen molar-refractivity contribution in [3.63, 3.8) is 0 Å². The first-order valence-electron chi connectivity index (χ1n) is 11.3. The van der Waals surface area contributed by atoms with E-state index in [1.165, 1.54) is 10.9 Å².